The number of methoxy groups -OCH3 is 1. The van der Waals surface area contributed by atoms with Crippen LogP contribution in [0.25, 0.3) is 0 Å². The first-order valence-corrected chi connectivity index (χ1v) is 12.1. The molecule has 4 fully saturated rings. The first-order valence-electron chi connectivity index (χ1n) is 12.1. The lowest BCUT2D eigenvalue weighted by molar-refractivity contribution is -0.146. The first kappa shape index (κ1) is 21.7. The van der Waals surface area contributed by atoms with Gasteiger partial charge in [-0.25, -0.2) is 9.59 Å². The molecule has 32 heavy (non-hydrogen) atoms. The second-order valence-electron chi connectivity index (χ2n) is 10.7. The van der Waals surface area contributed by atoms with Gasteiger partial charge in [0, 0.05) is 18.5 Å². The number of likely N-dealkylation sites (tertiary alicyclic amines) is 1. The first-order chi connectivity index (χ1) is 15.4. The van der Waals surface area contributed by atoms with Crippen LogP contribution in [0.3, 0.4) is 0 Å². The molecule has 0 radical (unpaired) electrons. The van der Waals surface area contributed by atoms with Crippen molar-refractivity contribution in [1.82, 2.24) is 4.90 Å². The van der Waals surface area contributed by atoms with Crippen LogP contribution in [0.2, 0.25) is 0 Å². The summed E-state index contributed by atoms with van der Waals surface area (Å²) in [6, 6.07) is 10.3. The van der Waals surface area contributed by atoms with Gasteiger partial charge in [-0.05, 0) is 67.3 Å². The number of esters is 1. The van der Waals surface area contributed by atoms with Crippen molar-refractivity contribution in [2.45, 2.75) is 57.0 Å². The van der Waals surface area contributed by atoms with Gasteiger partial charge in [0.05, 0.1) is 13.7 Å². The van der Waals surface area contributed by atoms with E-state index in [-0.39, 0.29) is 30.2 Å². The van der Waals surface area contributed by atoms with Crippen molar-refractivity contribution in [2.24, 2.45) is 23.2 Å². The molecule has 5 rings (SSSR count). The fraction of sp³-hybridized carbons (Fsp3) is 0.692. The molecule has 1 spiro atoms. The van der Waals surface area contributed by atoms with Crippen LogP contribution in [0, 0.1) is 23.2 Å². The summed E-state index contributed by atoms with van der Waals surface area (Å²) < 4.78 is 16.6. The molecule has 0 N–H and O–H groups in total. The van der Waals surface area contributed by atoms with Crippen molar-refractivity contribution in [3.05, 3.63) is 35.9 Å². The molecule has 1 saturated heterocycles. The number of ether oxygens (including phenoxy) is 3. The van der Waals surface area contributed by atoms with Crippen LogP contribution >= 0.6 is 0 Å². The van der Waals surface area contributed by atoms with E-state index in [1.807, 2.05) is 23.1 Å². The van der Waals surface area contributed by atoms with Gasteiger partial charge >= 0.3 is 12.1 Å². The van der Waals surface area contributed by atoms with Gasteiger partial charge in [-0.1, -0.05) is 37.3 Å². The number of carbonyl (C=O) groups is 2. The lowest BCUT2D eigenvalue weighted by Gasteiger charge is -2.43. The average Bonchev–Trinajstić information content (AvgIpc) is 3.36. The molecule has 174 valence electrons. The third-order valence-corrected chi connectivity index (χ3v) is 8.80. The van der Waals surface area contributed by atoms with Crippen molar-refractivity contribution in [3.8, 4) is 0 Å². The highest BCUT2D eigenvalue weighted by atomic mass is 16.6. The molecule has 1 heterocycles. The van der Waals surface area contributed by atoms with E-state index in [9.17, 15) is 9.59 Å². The van der Waals surface area contributed by atoms with Crippen LogP contribution in [-0.4, -0.2) is 56.5 Å². The van der Waals surface area contributed by atoms with E-state index in [1.54, 1.807) is 0 Å². The Morgan fingerprint density at radius 1 is 1.09 bits per heavy atom. The van der Waals surface area contributed by atoms with Crippen molar-refractivity contribution < 1.29 is 23.8 Å². The highest BCUT2D eigenvalue weighted by Crippen LogP contribution is 2.72. The Morgan fingerprint density at radius 2 is 1.84 bits per heavy atom. The van der Waals surface area contributed by atoms with Gasteiger partial charge in [0.15, 0.2) is 0 Å². The molecule has 6 heteroatoms. The zero-order chi connectivity index (χ0) is 22.3. The number of rotatable bonds is 6. The van der Waals surface area contributed by atoms with Crippen LogP contribution < -0.4 is 0 Å². The van der Waals surface area contributed by atoms with Crippen molar-refractivity contribution in [3.63, 3.8) is 0 Å². The van der Waals surface area contributed by atoms with Crippen molar-refractivity contribution in [1.29, 1.82) is 0 Å². The standard InChI is InChI=1S/C26H35NO5/c1-18-13-26-14-19(12-21(26)15-26)23(18)32-24(29)27-10-8-25(9-11-27,17-31-16-22(28)30-2)20-6-4-3-5-7-20/h3-7,18-19,21,23H,8-17H2,1-2H3. The molecule has 6 nitrogen and oxygen atoms in total. The number of benzene rings is 1. The number of nitrogens with zero attached hydrogens (tertiary/aromatic N) is 1. The second-order valence-corrected chi connectivity index (χ2v) is 10.7. The van der Waals surface area contributed by atoms with Gasteiger partial charge in [-0.3, -0.25) is 0 Å². The molecule has 5 unspecified atom stereocenters. The summed E-state index contributed by atoms with van der Waals surface area (Å²) in [6.07, 6.45) is 6.61. The summed E-state index contributed by atoms with van der Waals surface area (Å²) in [5.41, 5.74) is 1.58. The molecule has 3 saturated carbocycles. The molecular formula is C26H35NO5. The van der Waals surface area contributed by atoms with E-state index in [1.165, 1.54) is 38.4 Å². The fourth-order valence-corrected chi connectivity index (χ4v) is 7.01. The Morgan fingerprint density at radius 3 is 2.56 bits per heavy atom. The predicted octanol–water partition coefficient (Wildman–Crippen LogP) is 4.17. The van der Waals surface area contributed by atoms with Crippen LogP contribution in [0.5, 0.6) is 0 Å². The maximum absolute atomic E-state index is 13.1. The summed E-state index contributed by atoms with van der Waals surface area (Å²) >= 11 is 0. The summed E-state index contributed by atoms with van der Waals surface area (Å²) in [5, 5.41) is 0. The van der Waals surface area contributed by atoms with E-state index >= 15 is 0 Å². The van der Waals surface area contributed by atoms with Crippen LogP contribution in [0.1, 0.15) is 51.0 Å². The molecule has 2 bridgehead atoms. The second kappa shape index (κ2) is 8.36. The summed E-state index contributed by atoms with van der Waals surface area (Å²) in [6.45, 7) is 3.91. The molecule has 1 aliphatic heterocycles. The lowest BCUT2D eigenvalue weighted by Crippen LogP contribution is -2.49. The smallest absolute Gasteiger partial charge is 0.410 e. The van der Waals surface area contributed by atoms with E-state index in [0.717, 1.165) is 18.8 Å². The maximum atomic E-state index is 13.1. The molecule has 1 aromatic carbocycles. The topological polar surface area (TPSA) is 65.1 Å². The van der Waals surface area contributed by atoms with Crippen molar-refractivity contribution in [2.75, 3.05) is 33.4 Å². The average molecular weight is 442 g/mol. The number of hydrogen-bond donors (Lipinski definition) is 0. The Balaban J connectivity index is 1.20. The number of hydrogen-bond acceptors (Lipinski definition) is 5. The predicted molar refractivity (Wildman–Crippen MR) is 119 cm³/mol. The number of carbonyl (C=O) groups excluding carboxylic acids is 2. The van der Waals surface area contributed by atoms with Gasteiger partial charge in [0.1, 0.15) is 12.7 Å². The molecular weight excluding hydrogens is 406 g/mol. The quantitative estimate of drug-likeness (QED) is 0.620. The van der Waals surface area contributed by atoms with Crippen LogP contribution in [0.4, 0.5) is 4.79 Å². The minimum atomic E-state index is -0.373. The van der Waals surface area contributed by atoms with E-state index < -0.39 is 0 Å². The number of amides is 1. The minimum absolute atomic E-state index is 0.0553. The third kappa shape index (κ3) is 3.91. The normalized spacial score (nSPS) is 34.5. The molecule has 3 aliphatic carbocycles. The van der Waals surface area contributed by atoms with Gasteiger partial charge in [-0.15, -0.1) is 0 Å². The lowest BCUT2D eigenvalue weighted by atomic mass is 9.73. The van der Waals surface area contributed by atoms with Crippen molar-refractivity contribution >= 4 is 12.1 Å². The van der Waals surface area contributed by atoms with Crippen LogP contribution in [-0.2, 0) is 24.4 Å². The largest absolute Gasteiger partial charge is 0.467 e. The van der Waals surface area contributed by atoms with Gasteiger partial charge < -0.3 is 19.1 Å². The SMILES string of the molecule is COC(=O)COCC1(c2ccccc2)CCN(C(=O)OC2C(C)CC34CC2CC3C4)CC1. The minimum Gasteiger partial charge on any atom is -0.467 e. The van der Waals surface area contributed by atoms with Gasteiger partial charge in [-0.2, -0.15) is 0 Å². The number of fused-ring (bicyclic) bond motifs is 1. The molecule has 1 amide bonds. The zero-order valence-electron chi connectivity index (χ0n) is 19.3. The fourth-order valence-electron chi connectivity index (χ4n) is 7.01. The molecule has 4 aliphatic rings. The Bertz CT molecular complexity index is 849. The number of piperidine rings is 1. The zero-order valence-corrected chi connectivity index (χ0v) is 19.3. The molecule has 1 aromatic rings. The summed E-state index contributed by atoms with van der Waals surface area (Å²) in [5.74, 6) is 1.54. The van der Waals surface area contributed by atoms with Gasteiger partial charge in [0.25, 0.3) is 0 Å². The molecule has 5 atom stereocenters. The Labute approximate surface area is 190 Å². The summed E-state index contributed by atoms with van der Waals surface area (Å²) in [4.78, 5) is 26.5. The Hall–Kier alpha value is -2.08. The molecule has 0 aromatic heterocycles. The monoisotopic (exact) mass is 441 g/mol. The highest BCUT2D eigenvalue weighted by Gasteiger charge is 2.65. The Kier molecular flexibility index (Phi) is 5.68. The summed E-state index contributed by atoms with van der Waals surface area (Å²) in [7, 11) is 1.37. The van der Waals surface area contributed by atoms with E-state index in [0.29, 0.717) is 36.9 Å². The maximum Gasteiger partial charge on any atom is 0.410 e. The van der Waals surface area contributed by atoms with E-state index in [2.05, 4.69) is 19.1 Å². The third-order valence-electron chi connectivity index (χ3n) is 8.80. The van der Waals surface area contributed by atoms with Crippen LogP contribution in [0.15, 0.2) is 30.3 Å². The van der Waals surface area contributed by atoms with E-state index in [4.69, 9.17) is 14.2 Å². The van der Waals surface area contributed by atoms with Gasteiger partial charge in [0.2, 0.25) is 0 Å². The highest BCUT2D eigenvalue weighted by molar-refractivity contribution is 5.70.